The van der Waals surface area contributed by atoms with Gasteiger partial charge in [0.25, 0.3) is 0 Å². The summed E-state index contributed by atoms with van der Waals surface area (Å²) in [6.07, 6.45) is 0. The van der Waals surface area contributed by atoms with Crippen LogP contribution in [0.1, 0.15) is 11.1 Å². The number of rotatable bonds is 4. The molecule has 1 nitrogen and oxygen atoms in total. The van der Waals surface area contributed by atoms with Crippen molar-refractivity contribution in [2.75, 3.05) is 0 Å². The van der Waals surface area contributed by atoms with E-state index in [9.17, 15) is 4.39 Å². The van der Waals surface area contributed by atoms with Gasteiger partial charge in [-0.2, -0.15) is 0 Å². The first-order chi connectivity index (χ1) is 8.69. The molecule has 18 heavy (non-hydrogen) atoms. The van der Waals surface area contributed by atoms with E-state index in [1.165, 1.54) is 12.1 Å². The summed E-state index contributed by atoms with van der Waals surface area (Å²) in [5.41, 5.74) is 7.63. The van der Waals surface area contributed by atoms with E-state index in [-0.39, 0.29) is 5.82 Å². The molecule has 0 radical (unpaired) electrons. The first-order valence-electron chi connectivity index (χ1n) is 5.55. The second-order valence-electron chi connectivity index (χ2n) is 3.88. The van der Waals surface area contributed by atoms with E-state index in [1.54, 1.807) is 17.8 Å². The van der Waals surface area contributed by atoms with E-state index in [0.29, 0.717) is 17.3 Å². The molecule has 0 aromatic heterocycles. The Morgan fingerprint density at radius 2 is 2.00 bits per heavy atom. The molecule has 2 N–H and O–H groups in total. The molecule has 94 valence electrons. The predicted octanol–water partition coefficient (Wildman–Crippen LogP) is 4.23. The van der Waals surface area contributed by atoms with Gasteiger partial charge in [0.2, 0.25) is 0 Å². The van der Waals surface area contributed by atoms with Crippen LogP contribution in [0.2, 0.25) is 5.02 Å². The van der Waals surface area contributed by atoms with Crippen molar-refractivity contribution in [3.8, 4) is 0 Å². The van der Waals surface area contributed by atoms with E-state index in [1.807, 2.05) is 18.2 Å². The van der Waals surface area contributed by atoms with Crippen molar-refractivity contribution in [2.45, 2.75) is 17.2 Å². The zero-order valence-corrected chi connectivity index (χ0v) is 11.3. The van der Waals surface area contributed by atoms with Gasteiger partial charge in [-0.15, -0.1) is 11.8 Å². The van der Waals surface area contributed by atoms with E-state index in [4.69, 9.17) is 17.3 Å². The smallest absolute Gasteiger partial charge is 0.124 e. The maximum atomic E-state index is 12.9. The normalized spacial score (nSPS) is 10.6. The summed E-state index contributed by atoms with van der Waals surface area (Å²) in [7, 11) is 0. The Morgan fingerprint density at radius 3 is 2.72 bits per heavy atom. The van der Waals surface area contributed by atoms with E-state index >= 15 is 0 Å². The number of benzene rings is 2. The average Bonchev–Trinajstić information content (AvgIpc) is 2.38. The molecule has 0 heterocycles. The van der Waals surface area contributed by atoms with E-state index < -0.39 is 0 Å². The highest BCUT2D eigenvalue weighted by Gasteiger charge is 2.03. The molecule has 2 aromatic rings. The zero-order chi connectivity index (χ0) is 13.0. The van der Waals surface area contributed by atoms with Crippen LogP contribution in [0, 0.1) is 5.82 Å². The zero-order valence-electron chi connectivity index (χ0n) is 9.70. The molecule has 0 saturated carbocycles. The van der Waals surface area contributed by atoms with Crippen molar-refractivity contribution in [1.29, 1.82) is 0 Å². The minimum absolute atomic E-state index is 0.307. The van der Waals surface area contributed by atoms with Crippen molar-refractivity contribution in [3.63, 3.8) is 0 Å². The molecule has 0 unspecified atom stereocenters. The highest BCUT2D eigenvalue weighted by molar-refractivity contribution is 7.98. The number of halogens is 2. The Balaban J connectivity index is 2.06. The largest absolute Gasteiger partial charge is 0.326 e. The lowest BCUT2D eigenvalue weighted by molar-refractivity contribution is 0.627. The number of thioether (sulfide) groups is 1. The molecular weight excluding hydrogens is 269 g/mol. The monoisotopic (exact) mass is 281 g/mol. The van der Waals surface area contributed by atoms with Gasteiger partial charge >= 0.3 is 0 Å². The van der Waals surface area contributed by atoms with Crippen molar-refractivity contribution in [2.24, 2.45) is 5.73 Å². The molecule has 0 aliphatic rings. The SMILES string of the molecule is NCc1cccc(SCc2ccc(F)cc2Cl)c1. The minimum atomic E-state index is -0.307. The molecule has 0 bridgehead atoms. The van der Waals surface area contributed by atoms with Gasteiger partial charge in [-0.3, -0.25) is 0 Å². The van der Waals surface area contributed by atoms with E-state index in [0.717, 1.165) is 16.0 Å². The molecule has 0 atom stereocenters. The third-order valence-corrected chi connectivity index (χ3v) is 3.94. The first kappa shape index (κ1) is 13.4. The van der Waals surface area contributed by atoms with Crippen LogP contribution in [0.25, 0.3) is 0 Å². The summed E-state index contributed by atoms with van der Waals surface area (Å²) in [4.78, 5) is 1.14. The summed E-state index contributed by atoms with van der Waals surface area (Å²) in [6, 6.07) is 12.6. The standard InChI is InChI=1S/C14H13ClFNS/c15-14-7-12(16)5-4-11(14)9-18-13-3-1-2-10(6-13)8-17/h1-7H,8-9,17H2. The fourth-order valence-electron chi connectivity index (χ4n) is 1.56. The average molecular weight is 282 g/mol. The molecule has 0 amide bonds. The van der Waals surface area contributed by atoms with Crippen LogP contribution in [-0.4, -0.2) is 0 Å². The Hall–Kier alpha value is -1.03. The van der Waals surface area contributed by atoms with Crippen molar-refractivity contribution >= 4 is 23.4 Å². The Bertz CT molecular complexity index is 545. The molecule has 0 aliphatic carbocycles. The number of nitrogens with two attached hydrogens (primary N) is 1. The summed E-state index contributed by atoms with van der Waals surface area (Å²) < 4.78 is 12.9. The third-order valence-electron chi connectivity index (χ3n) is 2.54. The quantitative estimate of drug-likeness (QED) is 0.849. The van der Waals surface area contributed by atoms with Crippen LogP contribution in [0.4, 0.5) is 4.39 Å². The second kappa shape index (κ2) is 6.23. The Morgan fingerprint density at radius 1 is 1.17 bits per heavy atom. The van der Waals surface area contributed by atoms with Gasteiger partial charge < -0.3 is 5.73 Å². The molecule has 0 aliphatic heterocycles. The molecule has 0 fully saturated rings. The molecule has 0 saturated heterocycles. The Kier molecular flexibility index (Phi) is 4.64. The first-order valence-corrected chi connectivity index (χ1v) is 6.91. The van der Waals surface area contributed by atoms with Gasteiger partial charge in [-0.05, 0) is 35.4 Å². The van der Waals surface area contributed by atoms with Crippen molar-refractivity contribution in [3.05, 3.63) is 64.4 Å². The van der Waals surface area contributed by atoms with Crippen LogP contribution in [-0.2, 0) is 12.3 Å². The van der Waals surface area contributed by atoms with E-state index in [2.05, 4.69) is 6.07 Å². The summed E-state index contributed by atoms with van der Waals surface area (Å²) in [5, 5.41) is 0.470. The third kappa shape index (κ3) is 3.48. The van der Waals surface area contributed by atoms with Gasteiger partial charge in [0.1, 0.15) is 5.82 Å². The van der Waals surface area contributed by atoms with Crippen molar-refractivity contribution in [1.82, 2.24) is 0 Å². The number of hydrogen-bond donors (Lipinski definition) is 1. The second-order valence-corrected chi connectivity index (χ2v) is 5.33. The number of hydrogen-bond acceptors (Lipinski definition) is 2. The molecule has 2 aromatic carbocycles. The molecule has 2 rings (SSSR count). The predicted molar refractivity (Wildman–Crippen MR) is 75.3 cm³/mol. The highest BCUT2D eigenvalue weighted by atomic mass is 35.5. The Labute approximate surface area is 115 Å². The van der Waals surface area contributed by atoms with Crippen LogP contribution >= 0.6 is 23.4 Å². The maximum absolute atomic E-state index is 12.9. The molecule has 0 spiro atoms. The van der Waals surface area contributed by atoms with Crippen LogP contribution in [0.5, 0.6) is 0 Å². The lowest BCUT2D eigenvalue weighted by atomic mass is 10.2. The lowest BCUT2D eigenvalue weighted by Crippen LogP contribution is -1.95. The lowest BCUT2D eigenvalue weighted by Gasteiger charge is -2.06. The van der Waals surface area contributed by atoms with Crippen LogP contribution < -0.4 is 5.73 Å². The van der Waals surface area contributed by atoms with Gasteiger partial charge in [0, 0.05) is 22.2 Å². The van der Waals surface area contributed by atoms with Gasteiger partial charge in [-0.25, -0.2) is 4.39 Å². The summed E-state index contributed by atoms with van der Waals surface area (Å²) in [5.74, 6) is 0.409. The van der Waals surface area contributed by atoms with Gasteiger partial charge in [0.05, 0.1) is 0 Å². The van der Waals surface area contributed by atoms with Crippen LogP contribution in [0.3, 0.4) is 0 Å². The fourth-order valence-corrected chi connectivity index (χ4v) is 2.86. The molecular formula is C14H13ClFNS. The maximum Gasteiger partial charge on any atom is 0.124 e. The molecule has 4 heteroatoms. The topological polar surface area (TPSA) is 26.0 Å². The van der Waals surface area contributed by atoms with Crippen molar-refractivity contribution < 1.29 is 4.39 Å². The summed E-state index contributed by atoms with van der Waals surface area (Å²) >= 11 is 7.64. The van der Waals surface area contributed by atoms with Crippen LogP contribution in [0.15, 0.2) is 47.4 Å². The summed E-state index contributed by atoms with van der Waals surface area (Å²) in [6.45, 7) is 0.533. The highest BCUT2D eigenvalue weighted by Crippen LogP contribution is 2.27. The van der Waals surface area contributed by atoms with Gasteiger partial charge in [-0.1, -0.05) is 29.8 Å². The van der Waals surface area contributed by atoms with Gasteiger partial charge in [0.15, 0.2) is 0 Å². The minimum Gasteiger partial charge on any atom is -0.326 e. The fraction of sp³-hybridized carbons (Fsp3) is 0.143.